The topological polar surface area (TPSA) is 75.6 Å². The van der Waals surface area contributed by atoms with Crippen LogP contribution in [0, 0.1) is 5.82 Å². The SMILES string of the molecule is COC(c1ccc(F)cc1)C1(NCCCS(=O)(=O)O)CCCC1. The van der Waals surface area contributed by atoms with Crippen molar-refractivity contribution in [1.82, 2.24) is 5.32 Å². The van der Waals surface area contributed by atoms with Gasteiger partial charge in [-0.3, -0.25) is 4.55 Å². The van der Waals surface area contributed by atoms with Crippen molar-refractivity contribution < 1.29 is 22.1 Å². The molecule has 1 unspecified atom stereocenters. The Morgan fingerprint density at radius 1 is 1.30 bits per heavy atom. The molecule has 0 heterocycles. The van der Waals surface area contributed by atoms with Gasteiger partial charge in [0.1, 0.15) is 11.9 Å². The molecule has 1 aliphatic rings. The van der Waals surface area contributed by atoms with Gasteiger partial charge < -0.3 is 10.1 Å². The summed E-state index contributed by atoms with van der Waals surface area (Å²) in [7, 11) is -2.30. The van der Waals surface area contributed by atoms with Crippen molar-refractivity contribution in [3.05, 3.63) is 35.6 Å². The second kappa shape index (κ2) is 7.70. The minimum Gasteiger partial charge on any atom is -0.375 e. The first-order chi connectivity index (χ1) is 10.9. The molecule has 0 bridgehead atoms. The van der Waals surface area contributed by atoms with Gasteiger partial charge in [-0.25, -0.2) is 4.39 Å². The Bertz CT molecular complexity index is 597. The number of nitrogens with one attached hydrogen (secondary N) is 1. The van der Waals surface area contributed by atoms with Crippen LogP contribution >= 0.6 is 0 Å². The van der Waals surface area contributed by atoms with Gasteiger partial charge in [0, 0.05) is 12.6 Å². The van der Waals surface area contributed by atoms with Crippen LogP contribution < -0.4 is 5.32 Å². The maximum Gasteiger partial charge on any atom is 0.264 e. The van der Waals surface area contributed by atoms with Crippen LogP contribution in [0.2, 0.25) is 0 Å². The standard InChI is InChI=1S/C16H24FNO4S/c1-22-15(13-5-7-14(17)8-6-13)16(9-2-3-10-16)18-11-4-12-23(19,20)21/h5-8,15,18H,2-4,9-12H2,1H3,(H,19,20,21). The van der Waals surface area contributed by atoms with E-state index in [1.165, 1.54) is 12.1 Å². The quantitative estimate of drug-likeness (QED) is 0.560. The van der Waals surface area contributed by atoms with Crippen molar-refractivity contribution in [3.8, 4) is 0 Å². The fourth-order valence-corrected chi connectivity index (χ4v) is 3.96. The van der Waals surface area contributed by atoms with E-state index in [4.69, 9.17) is 9.29 Å². The molecule has 0 amide bonds. The van der Waals surface area contributed by atoms with E-state index in [-0.39, 0.29) is 23.2 Å². The summed E-state index contributed by atoms with van der Waals surface area (Å²) in [6.07, 6.45) is 4.05. The molecule has 1 saturated carbocycles. The number of rotatable bonds is 8. The van der Waals surface area contributed by atoms with E-state index < -0.39 is 10.1 Å². The van der Waals surface area contributed by atoms with Crippen LogP contribution in [-0.4, -0.2) is 37.9 Å². The Morgan fingerprint density at radius 3 is 2.43 bits per heavy atom. The maximum atomic E-state index is 13.1. The molecular weight excluding hydrogens is 321 g/mol. The van der Waals surface area contributed by atoms with E-state index in [0.717, 1.165) is 31.2 Å². The van der Waals surface area contributed by atoms with Gasteiger partial charge in [0.05, 0.1) is 5.75 Å². The van der Waals surface area contributed by atoms with Gasteiger partial charge >= 0.3 is 0 Å². The van der Waals surface area contributed by atoms with Crippen molar-refractivity contribution in [2.75, 3.05) is 19.4 Å². The number of hydrogen-bond donors (Lipinski definition) is 2. The van der Waals surface area contributed by atoms with E-state index in [1.807, 2.05) is 0 Å². The summed E-state index contributed by atoms with van der Waals surface area (Å²) in [6.45, 7) is 0.473. The Balaban J connectivity index is 2.09. The van der Waals surface area contributed by atoms with Gasteiger partial charge in [-0.05, 0) is 43.5 Å². The number of hydrogen-bond acceptors (Lipinski definition) is 4. The molecule has 0 radical (unpaired) electrons. The third kappa shape index (κ3) is 4.97. The van der Waals surface area contributed by atoms with E-state index in [0.29, 0.717) is 13.0 Å². The summed E-state index contributed by atoms with van der Waals surface area (Å²) in [6, 6.07) is 6.29. The first-order valence-electron chi connectivity index (χ1n) is 7.85. The lowest BCUT2D eigenvalue weighted by Crippen LogP contribution is -2.49. The van der Waals surface area contributed by atoms with Crippen molar-refractivity contribution in [3.63, 3.8) is 0 Å². The molecule has 23 heavy (non-hydrogen) atoms. The largest absolute Gasteiger partial charge is 0.375 e. The van der Waals surface area contributed by atoms with Crippen molar-refractivity contribution >= 4 is 10.1 Å². The molecule has 5 nitrogen and oxygen atoms in total. The van der Waals surface area contributed by atoms with E-state index in [1.54, 1.807) is 19.2 Å². The van der Waals surface area contributed by atoms with Gasteiger partial charge in [-0.15, -0.1) is 0 Å². The lowest BCUT2D eigenvalue weighted by Gasteiger charge is -2.38. The summed E-state index contributed by atoms with van der Waals surface area (Å²) < 4.78 is 49.3. The molecule has 0 spiro atoms. The first-order valence-corrected chi connectivity index (χ1v) is 9.46. The maximum absolute atomic E-state index is 13.1. The fraction of sp³-hybridized carbons (Fsp3) is 0.625. The second-order valence-electron chi connectivity index (χ2n) is 6.10. The highest BCUT2D eigenvalue weighted by atomic mass is 32.2. The van der Waals surface area contributed by atoms with Crippen LogP contribution in [0.4, 0.5) is 4.39 Å². The summed E-state index contributed by atoms with van der Waals surface area (Å²) in [4.78, 5) is 0. The Morgan fingerprint density at radius 2 is 1.91 bits per heavy atom. The first kappa shape index (κ1) is 18.3. The molecule has 1 fully saturated rings. The highest BCUT2D eigenvalue weighted by Gasteiger charge is 2.42. The third-order valence-corrected chi connectivity index (χ3v) is 5.27. The molecule has 2 N–H and O–H groups in total. The number of methoxy groups -OCH3 is 1. The lowest BCUT2D eigenvalue weighted by atomic mass is 9.85. The minimum absolute atomic E-state index is 0.226. The molecule has 1 aromatic rings. The molecule has 7 heteroatoms. The average molecular weight is 345 g/mol. The summed E-state index contributed by atoms with van der Waals surface area (Å²) >= 11 is 0. The third-order valence-electron chi connectivity index (χ3n) is 4.46. The minimum atomic E-state index is -3.94. The van der Waals surface area contributed by atoms with E-state index in [9.17, 15) is 12.8 Å². The van der Waals surface area contributed by atoms with Gasteiger partial charge in [0.2, 0.25) is 0 Å². The van der Waals surface area contributed by atoms with Crippen LogP contribution in [0.1, 0.15) is 43.8 Å². The summed E-state index contributed by atoms with van der Waals surface area (Å²) in [5, 5.41) is 3.44. The monoisotopic (exact) mass is 345 g/mol. The van der Waals surface area contributed by atoms with Crippen LogP contribution in [-0.2, 0) is 14.9 Å². The molecule has 2 rings (SSSR count). The van der Waals surface area contributed by atoms with Gasteiger partial charge in [0.25, 0.3) is 10.1 Å². The predicted molar refractivity (Wildman–Crippen MR) is 86.4 cm³/mol. The predicted octanol–water partition coefficient (Wildman–Crippen LogP) is 2.69. The van der Waals surface area contributed by atoms with Gasteiger partial charge in [-0.1, -0.05) is 25.0 Å². The molecule has 0 aliphatic heterocycles. The van der Waals surface area contributed by atoms with Gasteiger partial charge in [-0.2, -0.15) is 8.42 Å². The summed E-state index contributed by atoms with van der Waals surface area (Å²) in [5.74, 6) is -0.547. The molecule has 130 valence electrons. The number of halogens is 1. The zero-order valence-corrected chi connectivity index (χ0v) is 14.1. The van der Waals surface area contributed by atoms with Gasteiger partial charge in [0.15, 0.2) is 0 Å². The van der Waals surface area contributed by atoms with Crippen molar-refractivity contribution in [1.29, 1.82) is 0 Å². The Hall–Kier alpha value is -1.02. The van der Waals surface area contributed by atoms with Crippen molar-refractivity contribution in [2.45, 2.75) is 43.7 Å². The fourth-order valence-electron chi connectivity index (χ4n) is 3.45. The molecule has 1 aliphatic carbocycles. The van der Waals surface area contributed by atoms with Crippen LogP contribution in [0.15, 0.2) is 24.3 Å². The van der Waals surface area contributed by atoms with E-state index in [2.05, 4.69) is 5.32 Å². The van der Waals surface area contributed by atoms with Crippen LogP contribution in [0.3, 0.4) is 0 Å². The normalized spacial score (nSPS) is 18.9. The number of benzene rings is 1. The summed E-state index contributed by atoms with van der Waals surface area (Å²) in [5.41, 5.74) is 0.615. The van der Waals surface area contributed by atoms with E-state index >= 15 is 0 Å². The zero-order chi connectivity index (χ0) is 16.9. The number of ether oxygens (including phenoxy) is 1. The molecule has 0 aromatic heterocycles. The Kier molecular flexibility index (Phi) is 6.13. The zero-order valence-electron chi connectivity index (χ0n) is 13.3. The van der Waals surface area contributed by atoms with Crippen molar-refractivity contribution in [2.24, 2.45) is 0 Å². The lowest BCUT2D eigenvalue weighted by molar-refractivity contribution is 0.0170. The Labute approximate surface area is 137 Å². The van der Waals surface area contributed by atoms with Crippen LogP contribution in [0.5, 0.6) is 0 Å². The molecule has 1 atom stereocenters. The smallest absolute Gasteiger partial charge is 0.264 e. The molecular formula is C16H24FNO4S. The second-order valence-corrected chi connectivity index (χ2v) is 7.67. The average Bonchev–Trinajstić information content (AvgIpc) is 2.95. The van der Waals surface area contributed by atoms with Crippen LogP contribution in [0.25, 0.3) is 0 Å². The highest BCUT2D eigenvalue weighted by Crippen LogP contribution is 2.41. The highest BCUT2D eigenvalue weighted by molar-refractivity contribution is 7.85. The molecule has 1 aromatic carbocycles. The molecule has 0 saturated heterocycles.